The van der Waals surface area contributed by atoms with Crippen LogP contribution in [-0.4, -0.2) is 72.4 Å². The molecule has 0 aliphatic carbocycles. The highest BCUT2D eigenvalue weighted by Crippen LogP contribution is 2.18. The first-order valence-corrected chi connectivity index (χ1v) is 10.6. The summed E-state index contributed by atoms with van der Waals surface area (Å²) in [6.07, 6.45) is 0. The van der Waals surface area contributed by atoms with E-state index in [0.717, 1.165) is 38.4 Å². The summed E-state index contributed by atoms with van der Waals surface area (Å²) in [6.45, 7) is 6.96. The molecule has 0 spiro atoms. The van der Waals surface area contributed by atoms with Crippen molar-refractivity contribution in [2.45, 2.75) is 19.6 Å². The number of hydrogen-bond donors (Lipinski definition) is 2. The van der Waals surface area contributed by atoms with E-state index in [-0.39, 0.29) is 6.04 Å². The number of thiazole rings is 1. The Bertz CT molecular complexity index is 806. The second-order valence-electron chi connectivity index (χ2n) is 7.23. The molecule has 156 valence electrons. The quantitative estimate of drug-likeness (QED) is 0.663. The third-order valence-corrected chi connectivity index (χ3v) is 5.31. The monoisotopic (exact) mass is 417 g/mol. The van der Waals surface area contributed by atoms with Gasteiger partial charge in [0.25, 0.3) is 0 Å². The first kappa shape index (κ1) is 21.2. The molecule has 9 heteroatoms. The van der Waals surface area contributed by atoms with Gasteiger partial charge >= 0.3 is 11.8 Å². The number of benzene rings is 1. The van der Waals surface area contributed by atoms with Gasteiger partial charge in [-0.3, -0.25) is 14.5 Å². The lowest BCUT2D eigenvalue weighted by Gasteiger charge is -2.33. The van der Waals surface area contributed by atoms with Crippen molar-refractivity contribution in [3.8, 4) is 5.75 Å². The summed E-state index contributed by atoms with van der Waals surface area (Å²) in [7, 11) is 2.10. The number of nitrogens with zero attached hydrogens (tertiary/aromatic N) is 3. The van der Waals surface area contributed by atoms with E-state index >= 15 is 0 Å². The fraction of sp³-hybridized carbons (Fsp3) is 0.450. The van der Waals surface area contributed by atoms with Crippen molar-refractivity contribution in [2.75, 3.05) is 45.1 Å². The van der Waals surface area contributed by atoms with Gasteiger partial charge in [0, 0.05) is 55.9 Å². The van der Waals surface area contributed by atoms with Gasteiger partial charge in [0.2, 0.25) is 0 Å². The highest BCUT2D eigenvalue weighted by Gasteiger charge is 2.20. The first-order chi connectivity index (χ1) is 14.0. The lowest BCUT2D eigenvalue weighted by molar-refractivity contribution is -0.136. The average Bonchev–Trinajstić information content (AvgIpc) is 3.22. The number of hydrogen-bond acceptors (Lipinski definition) is 7. The lowest BCUT2D eigenvalue weighted by Crippen LogP contribution is -2.51. The molecule has 2 amide bonds. The summed E-state index contributed by atoms with van der Waals surface area (Å²) >= 11 is 1.51. The van der Waals surface area contributed by atoms with Gasteiger partial charge in [0.05, 0.1) is 11.2 Å². The largest absolute Gasteiger partial charge is 0.487 e. The topological polar surface area (TPSA) is 86.8 Å². The van der Waals surface area contributed by atoms with E-state index < -0.39 is 11.8 Å². The summed E-state index contributed by atoms with van der Waals surface area (Å²) in [6, 6.07) is 6.85. The van der Waals surface area contributed by atoms with Crippen molar-refractivity contribution < 1.29 is 14.3 Å². The van der Waals surface area contributed by atoms with Crippen molar-refractivity contribution in [1.29, 1.82) is 0 Å². The minimum Gasteiger partial charge on any atom is -0.487 e. The summed E-state index contributed by atoms with van der Waals surface area (Å²) in [5.74, 6) is -0.730. The first-order valence-electron chi connectivity index (χ1n) is 9.62. The van der Waals surface area contributed by atoms with Crippen LogP contribution in [0.2, 0.25) is 0 Å². The number of piperazine rings is 1. The van der Waals surface area contributed by atoms with Crippen LogP contribution in [0.25, 0.3) is 0 Å². The Morgan fingerprint density at radius 2 is 2.03 bits per heavy atom. The molecule has 2 heterocycles. The summed E-state index contributed by atoms with van der Waals surface area (Å²) in [4.78, 5) is 33.2. The molecule has 2 aromatic rings. The number of likely N-dealkylation sites (N-methyl/N-ethyl adjacent to an activating group) is 1. The third-order valence-electron chi connectivity index (χ3n) is 4.67. The van der Waals surface area contributed by atoms with Gasteiger partial charge in [-0.1, -0.05) is 6.07 Å². The highest BCUT2D eigenvalue weighted by molar-refractivity contribution is 7.07. The van der Waals surface area contributed by atoms with E-state index in [4.69, 9.17) is 4.74 Å². The number of ether oxygens (including phenoxy) is 1. The van der Waals surface area contributed by atoms with Crippen LogP contribution in [-0.2, 0) is 16.2 Å². The van der Waals surface area contributed by atoms with Crippen molar-refractivity contribution >= 4 is 28.8 Å². The van der Waals surface area contributed by atoms with Gasteiger partial charge in [-0.15, -0.1) is 11.3 Å². The van der Waals surface area contributed by atoms with Crippen molar-refractivity contribution in [1.82, 2.24) is 20.1 Å². The number of rotatable bonds is 7. The maximum atomic E-state index is 12.2. The second-order valence-corrected chi connectivity index (χ2v) is 7.95. The van der Waals surface area contributed by atoms with Crippen LogP contribution in [0.1, 0.15) is 12.6 Å². The van der Waals surface area contributed by atoms with Crippen LogP contribution in [0.15, 0.2) is 35.2 Å². The number of nitrogens with one attached hydrogen (secondary N) is 2. The maximum Gasteiger partial charge on any atom is 0.313 e. The Labute approximate surface area is 174 Å². The molecule has 0 bridgehead atoms. The molecule has 1 aromatic carbocycles. The van der Waals surface area contributed by atoms with E-state index in [2.05, 4.69) is 32.5 Å². The zero-order chi connectivity index (χ0) is 20.6. The lowest BCUT2D eigenvalue weighted by atomic mass is 10.2. The number of amides is 2. The van der Waals surface area contributed by atoms with E-state index in [0.29, 0.717) is 18.0 Å². The molecule has 0 radical (unpaired) electrons. The number of aromatic nitrogens is 1. The average molecular weight is 418 g/mol. The third kappa shape index (κ3) is 6.81. The molecular formula is C20H27N5O3S. The Morgan fingerprint density at radius 1 is 1.24 bits per heavy atom. The number of carbonyl (C=O) groups excluding carboxylic acids is 2. The molecule has 1 aromatic heterocycles. The minimum absolute atomic E-state index is 0.107. The van der Waals surface area contributed by atoms with Crippen LogP contribution < -0.4 is 15.4 Å². The maximum absolute atomic E-state index is 12.2. The molecule has 1 aliphatic rings. The van der Waals surface area contributed by atoms with Crippen LogP contribution >= 0.6 is 11.3 Å². The van der Waals surface area contributed by atoms with E-state index in [1.54, 1.807) is 29.8 Å². The van der Waals surface area contributed by atoms with Crippen molar-refractivity contribution in [3.05, 3.63) is 40.8 Å². The molecule has 3 rings (SSSR count). The second kappa shape index (κ2) is 10.3. The Hall–Kier alpha value is -2.49. The normalized spacial score (nSPS) is 16.2. The zero-order valence-corrected chi connectivity index (χ0v) is 17.6. The molecule has 0 unspecified atom stereocenters. The van der Waals surface area contributed by atoms with Crippen LogP contribution in [0.5, 0.6) is 5.75 Å². The van der Waals surface area contributed by atoms with Crippen molar-refractivity contribution in [3.63, 3.8) is 0 Å². The predicted molar refractivity (Wildman–Crippen MR) is 113 cm³/mol. The van der Waals surface area contributed by atoms with Gasteiger partial charge in [-0.05, 0) is 26.1 Å². The van der Waals surface area contributed by atoms with Crippen LogP contribution in [0.4, 0.5) is 5.69 Å². The predicted octanol–water partition coefficient (Wildman–Crippen LogP) is 1.41. The zero-order valence-electron chi connectivity index (χ0n) is 16.8. The molecule has 1 aliphatic heterocycles. The molecule has 1 atom stereocenters. The fourth-order valence-electron chi connectivity index (χ4n) is 3.07. The molecule has 0 saturated carbocycles. The van der Waals surface area contributed by atoms with Crippen molar-refractivity contribution in [2.24, 2.45) is 0 Å². The summed E-state index contributed by atoms with van der Waals surface area (Å²) in [5, 5.41) is 7.31. The van der Waals surface area contributed by atoms with E-state index in [9.17, 15) is 9.59 Å². The molecule has 1 fully saturated rings. The Kier molecular flexibility index (Phi) is 7.56. The molecule has 1 saturated heterocycles. The highest BCUT2D eigenvalue weighted by atomic mass is 32.1. The van der Waals surface area contributed by atoms with Gasteiger partial charge in [-0.25, -0.2) is 4.98 Å². The van der Waals surface area contributed by atoms with Gasteiger partial charge in [0.1, 0.15) is 12.4 Å². The van der Waals surface area contributed by atoms with Gasteiger partial charge in [0.15, 0.2) is 0 Å². The number of carbonyl (C=O) groups is 2. The van der Waals surface area contributed by atoms with Gasteiger partial charge in [-0.2, -0.15) is 0 Å². The van der Waals surface area contributed by atoms with E-state index in [1.165, 1.54) is 11.3 Å². The van der Waals surface area contributed by atoms with Crippen LogP contribution in [0.3, 0.4) is 0 Å². The molecular weight excluding hydrogens is 390 g/mol. The Balaban J connectivity index is 1.45. The fourth-order valence-corrected chi connectivity index (χ4v) is 3.61. The van der Waals surface area contributed by atoms with Gasteiger partial charge < -0.3 is 20.3 Å². The molecule has 2 N–H and O–H groups in total. The smallest absolute Gasteiger partial charge is 0.313 e. The molecule has 29 heavy (non-hydrogen) atoms. The number of anilines is 1. The molecule has 8 nitrogen and oxygen atoms in total. The Morgan fingerprint density at radius 3 is 2.76 bits per heavy atom. The van der Waals surface area contributed by atoms with Crippen LogP contribution in [0, 0.1) is 0 Å². The summed E-state index contributed by atoms with van der Waals surface area (Å²) in [5.41, 5.74) is 3.10. The minimum atomic E-state index is -0.688. The van der Waals surface area contributed by atoms with E-state index in [1.807, 2.05) is 12.3 Å². The SMILES string of the molecule is C[C@H](CN1CCN(C)CC1)NC(=O)C(=O)Nc1cccc(OCc2cscn2)c1. The summed E-state index contributed by atoms with van der Waals surface area (Å²) < 4.78 is 5.67. The standard InChI is InChI=1S/C20H27N5O3S/c1-15(11-25-8-6-24(2)7-9-25)22-19(26)20(27)23-16-4-3-5-18(10-16)28-12-17-13-29-14-21-17/h3-5,10,13-15H,6-9,11-12H2,1-2H3,(H,22,26)(H,23,27)/t15-/m1/s1.